The molecule has 0 saturated carbocycles. The molecule has 1 fully saturated rings. The number of hydrogen-bond acceptors (Lipinski definition) is 3. The molecule has 80 valence electrons. The van der Waals surface area contributed by atoms with E-state index in [1.165, 1.54) is 4.90 Å². The lowest BCUT2D eigenvalue weighted by Gasteiger charge is -2.32. The van der Waals surface area contributed by atoms with Crippen molar-refractivity contribution in [2.45, 2.75) is 18.9 Å². The molecule has 1 rings (SSSR count). The number of nitrogens with one attached hydrogen (secondary N) is 1. The molecular weight excluding hydrogens is 184 g/mol. The van der Waals surface area contributed by atoms with Crippen molar-refractivity contribution in [2.75, 3.05) is 19.6 Å². The maximum Gasteiger partial charge on any atom is 0.315 e. The zero-order valence-electron chi connectivity index (χ0n) is 8.03. The van der Waals surface area contributed by atoms with E-state index in [9.17, 15) is 9.59 Å². The first-order valence-electron chi connectivity index (χ1n) is 4.66. The van der Waals surface area contributed by atoms with Gasteiger partial charge in [-0.15, -0.1) is 0 Å². The van der Waals surface area contributed by atoms with Crippen LogP contribution in [0.1, 0.15) is 12.8 Å². The molecule has 1 aliphatic rings. The Bertz CT molecular complexity index is 225. The van der Waals surface area contributed by atoms with Crippen LogP contribution in [0.5, 0.6) is 0 Å². The van der Waals surface area contributed by atoms with E-state index in [0.29, 0.717) is 6.54 Å². The Labute approximate surface area is 82.6 Å². The average Bonchev–Trinajstić information content (AvgIpc) is 2.15. The summed E-state index contributed by atoms with van der Waals surface area (Å²) >= 11 is 0. The number of urea groups is 1. The van der Waals surface area contributed by atoms with Crippen LogP contribution in [0, 0.1) is 0 Å². The van der Waals surface area contributed by atoms with Crippen molar-refractivity contribution in [1.82, 2.24) is 10.2 Å². The highest BCUT2D eigenvalue weighted by molar-refractivity contribution is 5.82. The summed E-state index contributed by atoms with van der Waals surface area (Å²) in [7, 11) is 0. The Morgan fingerprint density at radius 2 is 2.14 bits per heavy atom. The number of carbonyl (C=O) groups is 2. The molecule has 0 aromatic carbocycles. The van der Waals surface area contributed by atoms with Gasteiger partial charge in [0, 0.05) is 12.6 Å². The van der Waals surface area contributed by atoms with Gasteiger partial charge in [0.2, 0.25) is 5.91 Å². The molecule has 6 heteroatoms. The standard InChI is InChI=1S/C8H16N4O2/c9-7(13)5-12(8(10)14)6-2-1-3-11-4-6/h6,11H,1-5H2,(H2,9,13)(H2,10,14). The molecule has 0 aromatic heterocycles. The Morgan fingerprint density at radius 1 is 1.43 bits per heavy atom. The minimum absolute atomic E-state index is 0.00579. The van der Waals surface area contributed by atoms with E-state index in [1.54, 1.807) is 0 Å². The normalized spacial score (nSPS) is 21.6. The third kappa shape index (κ3) is 2.88. The monoisotopic (exact) mass is 200 g/mol. The first kappa shape index (κ1) is 10.8. The van der Waals surface area contributed by atoms with Gasteiger partial charge in [-0.25, -0.2) is 4.79 Å². The highest BCUT2D eigenvalue weighted by Gasteiger charge is 2.24. The maximum atomic E-state index is 11.0. The summed E-state index contributed by atoms with van der Waals surface area (Å²) < 4.78 is 0. The van der Waals surface area contributed by atoms with Gasteiger partial charge in [-0.3, -0.25) is 4.79 Å². The van der Waals surface area contributed by atoms with Crippen LogP contribution in [0.4, 0.5) is 4.79 Å². The molecule has 5 N–H and O–H groups in total. The highest BCUT2D eigenvalue weighted by atomic mass is 16.2. The van der Waals surface area contributed by atoms with E-state index in [2.05, 4.69) is 5.32 Å². The number of carbonyl (C=O) groups excluding carboxylic acids is 2. The molecule has 0 spiro atoms. The molecule has 1 unspecified atom stereocenters. The summed E-state index contributed by atoms with van der Waals surface area (Å²) in [4.78, 5) is 23.1. The quantitative estimate of drug-likeness (QED) is 0.522. The van der Waals surface area contributed by atoms with Crippen molar-refractivity contribution >= 4 is 11.9 Å². The van der Waals surface area contributed by atoms with Crippen molar-refractivity contribution in [3.8, 4) is 0 Å². The molecular formula is C8H16N4O2. The van der Waals surface area contributed by atoms with Gasteiger partial charge >= 0.3 is 6.03 Å². The molecule has 1 saturated heterocycles. The number of amides is 3. The topological polar surface area (TPSA) is 101 Å². The Hall–Kier alpha value is -1.30. The maximum absolute atomic E-state index is 11.0. The van der Waals surface area contributed by atoms with Crippen LogP contribution in [0.3, 0.4) is 0 Å². The Morgan fingerprint density at radius 3 is 2.57 bits per heavy atom. The Kier molecular flexibility index (Phi) is 3.70. The molecule has 0 aromatic rings. The molecule has 0 radical (unpaired) electrons. The summed E-state index contributed by atoms with van der Waals surface area (Å²) in [5.74, 6) is -0.533. The molecule has 1 aliphatic heterocycles. The second-order valence-corrected chi connectivity index (χ2v) is 3.43. The van der Waals surface area contributed by atoms with Crippen LogP contribution < -0.4 is 16.8 Å². The first-order valence-corrected chi connectivity index (χ1v) is 4.66. The fourth-order valence-electron chi connectivity index (χ4n) is 1.65. The zero-order chi connectivity index (χ0) is 10.6. The number of piperidine rings is 1. The van der Waals surface area contributed by atoms with E-state index in [0.717, 1.165) is 19.4 Å². The summed E-state index contributed by atoms with van der Waals surface area (Å²) in [5, 5.41) is 3.14. The molecule has 14 heavy (non-hydrogen) atoms. The summed E-state index contributed by atoms with van der Waals surface area (Å²) in [6, 6.07) is -0.591. The first-order chi connectivity index (χ1) is 6.61. The van der Waals surface area contributed by atoms with Crippen LogP contribution >= 0.6 is 0 Å². The van der Waals surface area contributed by atoms with Crippen LogP contribution in [0.2, 0.25) is 0 Å². The van der Waals surface area contributed by atoms with E-state index >= 15 is 0 Å². The second kappa shape index (κ2) is 4.80. The van der Waals surface area contributed by atoms with Crippen LogP contribution in [0.15, 0.2) is 0 Å². The van der Waals surface area contributed by atoms with Gasteiger partial charge in [0.25, 0.3) is 0 Å². The van der Waals surface area contributed by atoms with Crippen molar-refractivity contribution in [1.29, 1.82) is 0 Å². The van der Waals surface area contributed by atoms with Gasteiger partial charge in [-0.1, -0.05) is 0 Å². The summed E-state index contributed by atoms with van der Waals surface area (Å²) in [6.07, 6.45) is 1.84. The fraction of sp³-hybridized carbons (Fsp3) is 0.750. The van der Waals surface area contributed by atoms with Gasteiger partial charge in [0.15, 0.2) is 0 Å². The van der Waals surface area contributed by atoms with Crippen molar-refractivity contribution in [2.24, 2.45) is 11.5 Å². The minimum Gasteiger partial charge on any atom is -0.368 e. The van der Waals surface area contributed by atoms with E-state index in [-0.39, 0.29) is 12.6 Å². The van der Waals surface area contributed by atoms with Crippen molar-refractivity contribution in [3.63, 3.8) is 0 Å². The van der Waals surface area contributed by atoms with Crippen molar-refractivity contribution in [3.05, 3.63) is 0 Å². The van der Waals surface area contributed by atoms with Gasteiger partial charge in [0.1, 0.15) is 6.54 Å². The third-order valence-electron chi connectivity index (χ3n) is 2.32. The second-order valence-electron chi connectivity index (χ2n) is 3.43. The highest BCUT2D eigenvalue weighted by Crippen LogP contribution is 2.09. The molecule has 3 amide bonds. The van der Waals surface area contributed by atoms with Crippen LogP contribution in [0.25, 0.3) is 0 Å². The number of nitrogens with two attached hydrogens (primary N) is 2. The van der Waals surface area contributed by atoms with E-state index < -0.39 is 11.9 Å². The minimum atomic E-state index is -0.586. The number of primary amides is 2. The molecule has 1 heterocycles. The van der Waals surface area contributed by atoms with E-state index in [1.807, 2.05) is 0 Å². The smallest absolute Gasteiger partial charge is 0.315 e. The van der Waals surface area contributed by atoms with Gasteiger partial charge in [-0.05, 0) is 19.4 Å². The zero-order valence-corrected chi connectivity index (χ0v) is 8.03. The van der Waals surface area contributed by atoms with Crippen LogP contribution in [-0.2, 0) is 4.79 Å². The largest absolute Gasteiger partial charge is 0.368 e. The van der Waals surface area contributed by atoms with Gasteiger partial charge in [0.05, 0.1) is 0 Å². The van der Waals surface area contributed by atoms with Gasteiger partial charge in [-0.2, -0.15) is 0 Å². The number of nitrogens with zero attached hydrogens (tertiary/aromatic N) is 1. The molecule has 0 aliphatic carbocycles. The lowest BCUT2D eigenvalue weighted by Crippen LogP contribution is -2.53. The lowest BCUT2D eigenvalue weighted by atomic mass is 10.1. The number of rotatable bonds is 3. The lowest BCUT2D eigenvalue weighted by molar-refractivity contribution is -0.119. The number of hydrogen-bond donors (Lipinski definition) is 3. The molecule has 1 atom stereocenters. The summed E-state index contributed by atoms with van der Waals surface area (Å²) in [5.41, 5.74) is 10.2. The van der Waals surface area contributed by atoms with Crippen molar-refractivity contribution < 1.29 is 9.59 Å². The van der Waals surface area contributed by atoms with Crippen LogP contribution in [-0.4, -0.2) is 42.5 Å². The molecule has 0 bridgehead atoms. The average molecular weight is 200 g/mol. The van der Waals surface area contributed by atoms with E-state index in [4.69, 9.17) is 11.5 Å². The predicted molar refractivity (Wildman–Crippen MR) is 51.4 cm³/mol. The predicted octanol–water partition coefficient (Wildman–Crippen LogP) is -1.40. The van der Waals surface area contributed by atoms with Gasteiger partial charge < -0.3 is 21.7 Å². The summed E-state index contributed by atoms with van der Waals surface area (Å²) in [6.45, 7) is 1.53. The fourth-order valence-corrected chi connectivity index (χ4v) is 1.65. The SMILES string of the molecule is NC(=O)CN(C(N)=O)C1CCCNC1. The third-order valence-corrected chi connectivity index (χ3v) is 2.32. The molecule has 6 nitrogen and oxygen atoms in total. The Balaban J connectivity index is 2.56.